The maximum Gasteiger partial charge on any atom is 0.419 e. The molecule has 0 aliphatic carbocycles. The summed E-state index contributed by atoms with van der Waals surface area (Å²) in [5.74, 6) is -2.30. The Morgan fingerprint density at radius 1 is 1.04 bits per heavy atom. The zero-order valence-electron chi connectivity index (χ0n) is 11.5. The van der Waals surface area contributed by atoms with Crippen molar-refractivity contribution in [1.82, 2.24) is 0 Å². The summed E-state index contributed by atoms with van der Waals surface area (Å²) >= 11 is 0. The van der Waals surface area contributed by atoms with Crippen LogP contribution in [0.4, 0.5) is 17.6 Å². The fraction of sp³-hybridized carbons (Fsp3) is 0.143. The predicted octanol–water partition coefficient (Wildman–Crippen LogP) is 4.87. The van der Waals surface area contributed by atoms with Gasteiger partial charge in [-0.1, -0.05) is 11.6 Å². The first-order valence-electron chi connectivity index (χ1n) is 6.08. The third-order valence-corrected chi connectivity index (χ3v) is 4.20. The third kappa shape index (κ3) is 4.14. The van der Waals surface area contributed by atoms with Crippen molar-refractivity contribution in [2.45, 2.75) is 18.0 Å². The van der Waals surface area contributed by atoms with Crippen molar-refractivity contribution in [2.75, 3.05) is 0 Å². The average molecular weight is 369 g/mol. The molecule has 0 saturated carbocycles. The van der Waals surface area contributed by atoms with E-state index < -0.39 is 43.0 Å². The Hall–Kier alpha value is -1.80. The van der Waals surface area contributed by atoms with Gasteiger partial charge in [-0.25, -0.2) is 12.8 Å². The largest absolute Gasteiger partial charge is 0.454 e. The third-order valence-electron chi connectivity index (χ3n) is 2.85. The average Bonchev–Trinajstić information content (AvgIpc) is 2.40. The highest BCUT2D eigenvalue weighted by atomic mass is 35.7. The first-order valence-corrected chi connectivity index (χ1v) is 8.39. The normalized spacial score (nSPS) is 12.3. The van der Waals surface area contributed by atoms with Crippen molar-refractivity contribution in [1.29, 1.82) is 0 Å². The van der Waals surface area contributed by atoms with Gasteiger partial charge in [0.05, 0.1) is 10.5 Å². The van der Waals surface area contributed by atoms with Crippen LogP contribution in [0, 0.1) is 12.7 Å². The number of hydrogen-bond acceptors (Lipinski definition) is 3. The van der Waals surface area contributed by atoms with E-state index in [1.807, 2.05) is 0 Å². The van der Waals surface area contributed by atoms with E-state index in [4.69, 9.17) is 15.4 Å². The van der Waals surface area contributed by atoms with E-state index in [-0.39, 0.29) is 0 Å². The minimum atomic E-state index is -4.68. The first-order chi connectivity index (χ1) is 10.5. The van der Waals surface area contributed by atoms with Crippen LogP contribution in [-0.4, -0.2) is 8.42 Å². The van der Waals surface area contributed by atoms with Crippen molar-refractivity contribution in [2.24, 2.45) is 0 Å². The van der Waals surface area contributed by atoms with Gasteiger partial charge in [-0.15, -0.1) is 0 Å². The lowest BCUT2D eigenvalue weighted by molar-refractivity contribution is -0.138. The molecule has 0 fully saturated rings. The molecule has 0 unspecified atom stereocenters. The van der Waals surface area contributed by atoms with Crippen LogP contribution in [0.2, 0.25) is 0 Å². The maximum atomic E-state index is 13.8. The standard InChI is InChI=1S/C14H9ClF4O3S/c1-8-2-4-12(10(6-8)14(17,18)19)22-13-5-3-9(7-11(13)16)23(15,20)21/h2-7H,1H3. The summed E-state index contributed by atoms with van der Waals surface area (Å²) in [5, 5.41) is 0. The summed E-state index contributed by atoms with van der Waals surface area (Å²) < 4.78 is 79.9. The molecule has 3 nitrogen and oxygen atoms in total. The summed E-state index contributed by atoms with van der Waals surface area (Å²) in [6, 6.07) is 5.70. The molecule has 0 heterocycles. The van der Waals surface area contributed by atoms with E-state index >= 15 is 0 Å². The predicted molar refractivity (Wildman–Crippen MR) is 75.7 cm³/mol. The first kappa shape index (κ1) is 17.6. The molecule has 0 amide bonds. The van der Waals surface area contributed by atoms with Crippen LogP contribution in [0.5, 0.6) is 11.5 Å². The van der Waals surface area contributed by atoms with E-state index in [9.17, 15) is 26.0 Å². The van der Waals surface area contributed by atoms with Gasteiger partial charge in [-0.2, -0.15) is 13.2 Å². The minimum absolute atomic E-state index is 0.355. The molecule has 9 heteroatoms. The molecule has 0 saturated heterocycles. The van der Waals surface area contributed by atoms with E-state index in [2.05, 4.69) is 0 Å². The van der Waals surface area contributed by atoms with E-state index in [1.54, 1.807) is 0 Å². The fourth-order valence-corrected chi connectivity index (χ4v) is 2.55. The molecule has 124 valence electrons. The Kier molecular flexibility index (Phi) is 4.59. The quantitative estimate of drug-likeness (QED) is 0.573. The Bertz CT molecular complexity index is 848. The number of rotatable bonds is 3. The van der Waals surface area contributed by atoms with Gasteiger partial charge in [-0.3, -0.25) is 0 Å². The zero-order valence-corrected chi connectivity index (χ0v) is 13.1. The van der Waals surface area contributed by atoms with E-state index in [0.717, 1.165) is 24.3 Å². The van der Waals surface area contributed by atoms with Crippen LogP contribution in [0.15, 0.2) is 41.3 Å². The molecule has 2 aromatic rings. The Morgan fingerprint density at radius 2 is 1.65 bits per heavy atom. The second-order valence-corrected chi connectivity index (χ2v) is 7.20. The molecule has 0 atom stereocenters. The summed E-state index contributed by atoms with van der Waals surface area (Å²) in [4.78, 5) is -0.524. The minimum Gasteiger partial charge on any atom is -0.454 e. The molecule has 2 aromatic carbocycles. The van der Waals surface area contributed by atoms with E-state index in [1.165, 1.54) is 13.0 Å². The Morgan fingerprint density at radius 3 is 2.17 bits per heavy atom. The number of aryl methyl sites for hydroxylation is 1. The van der Waals surface area contributed by atoms with Crippen LogP contribution in [0.3, 0.4) is 0 Å². The van der Waals surface area contributed by atoms with Crippen molar-refractivity contribution in [3.8, 4) is 11.5 Å². The second-order valence-electron chi connectivity index (χ2n) is 4.63. The Labute approximate surface area is 133 Å². The SMILES string of the molecule is Cc1ccc(Oc2ccc(S(=O)(=O)Cl)cc2F)c(C(F)(F)F)c1. The van der Waals surface area contributed by atoms with Gasteiger partial charge in [0.2, 0.25) is 0 Å². The van der Waals surface area contributed by atoms with Gasteiger partial charge in [-0.05, 0) is 37.3 Å². The van der Waals surface area contributed by atoms with Crippen molar-refractivity contribution in [3.63, 3.8) is 0 Å². The molecule has 2 rings (SSSR count). The summed E-state index contributed by atoms with van der Waals surface area (Å²) in [7, 11) is 0.906. The number of halogens is 5. The van der Waals surface area contributed by atoms with Gasteiger partial charge in [0.25, 0.3) is 9.05 Å². The van der Waals surface area contributed by atoms with Gasteiger partial charge >= 0.3 is 6.18 Å². The molecule has 0 aromatic heterocycles. The summed E-state index contributed by atoms with van der Waals surface area (Å²) in [6.45, 7) is 1.47. The van der Waals surface area contributed by atoms with Crippen LogP contribution in [0.1, 0.15) is 11.1 Å². The monoisotopic (exact) mass is 368 g/mol. The molecule has 0 aliphatic heterocycles. The molecular weight excluding hydrogens is 360 g/mol. The lowest BCUT2D eigenvalue weighted by atomic mass is 10.1. The highest BCUT2D eigenvalue weighted by molar-refractivity contribution is 8.13. The summed E-state index contributed by atoms with van der Waals surface area (Å²) in [6.07, 6.45) is -4.68. The van der Waals surface area contributed by atoms with Crippen LogP contribution >= 0.6 is 10.7 Å². The zero-order chi connectivity index (χ0) is 17.4. The second kappa shape index (κ2) is 6.01. The van der Waals surface area contributed by atoms with Gasteiger partial charge < -0.3 is 4.74 Å². The lowest BCUT2D eigenvalue weighted by Gasteiger charge is -2.15. The van der Waals surface area contributed by atoms with Crippen LogP contribution < -0.4 is 4.74 Å². The van der Waals surface area contributed by atoms with Crippen molar-refractivity contribution in [3.05, 3.63) is 53.3 Å². The molecule has 23 heavy (non-hydrogen) atoms. The smallest absolute Gasteiger partial charge is 0.419 e. The number of hydrogen-bond donors (Lipinski definition) is 0. The van der Waals surface area contributed by atoms with Crippen molar-refractivity contribution < 1.29 is 30.7 Å². The topological polar surface area (TPSA) is 43.4 Å². The highest BCUT2D eigenvalue weighted by Gasteiger charge is 2.34. The van der Waals surface area contributed by atoms with Gasteiger partial charge in [0, 0.05) is 10.7 Å². The van der Waals surface area contributed by atoms with Gasteiger partial charge in [0.1, 0.15) is 5.75 Å². The van der Waals surface area contributed by atoms with Gasteiger partial charge in [0.15, 0.2) is 11.6 Å². The van der Waals surface area contributed by atoms with Crippen molar-refractivity contribution >= 4 is 19.7 Å². The lowest BCUT2D eigenvalue weighted by Crippen LogP contribution is -2.08. The molecule has 0 radical (unpaired) electrons. The fourth-order valence-electron chi connectivity index (χ4n) is 1.79. The highest BCUT2D eigenvalue weighted by Crippen LogP contribution is 2.39. The van der Waals surface area contributed by atoms with E-state index in [0.29, 0.717) is 11.6 Å². The van der Waals surface area contributed by atoms with Crippen LogP contribution in [-0.2, 0) is 15.2 Å². The van der Waals surface area contributed by atoms with Crippen LogP contribution in [0.25, 0.3) is 0 Å². The number of benzene rings is 2. The number of alkyl halides is 3. The maximum absolute atomic E-state index is 13.8. The molecule has 0 N–H and O–H groups in total. The Balaban J connectivity index is 2.45. The summed E-state index contributed by atoms with van der Waals surface area (Å²) in [5.41, 5.74) is -0.709. The molecule has 0 aliphatic rings. The molecule has 0 bridgehead atoms. The molecule has 0 spiro atoms. The number of ether oxygens (including phenoxy) is 1. The molecular formula is C14H9ClF4O3S.